The van der Waals surface area contributed by atoms with Crippen LogP contribution in [0.3, 0.4) is 0 Å². The molecule has 1 unspecified atom stereocenters. The molecule has 0 saturated carbocycles. The Labute approximate surface area is 140 Å². The number of ether oxygens (including phenoxy) is 2. The summed E-state index contributed by atoms with van der Waals surface area (Å²) in [6.45, 7) is 3.58. The molecule has 8 nitrogen and oxygen atoms in total. The molecule has 1 aromatic rings. The molecular formula is C14H20ClN3O5. The van der Waals surface area contributed by atoms with Crippen molar-refractivity contribution in [2.75, 3.05) is 26.8 Å². The zero-order valence-corrected chi connectivity index (χ0v) is 13.8. The van der Waals surface area contributed by atoms with Gasteiger partial charge in [0.05, 0.1) is 24.7 Å². The van der Waals surface area contributed by atoms with Crippen LogP contribution in [0.25, 0.3) is 0 Å². The van der Waals surface area contributed by atoms with Gasteiger partial charge < -0.3 is 20.1 Å². The highest BCUT2D eigenvalue weighted by molar-refractivity contribution is 5.99. The summed E-state index contributed by atoms with van der Waals surface area (Å²) in [5.41, 5.74) is -0.329. The molecule has 1 atom stereocenters. The fraction of sp³-hybridized carbons (Fsp3) is 0.500. The molecule has 0 radical (unpaired) electrons. The minimum absolute atomic E-state index is 0. The molecule has 1 fully saturated rings. The van der Waals surface area contributed by atoms with Gasteiger partial charge in [0.2, 0.25) is 0 Å². The van der Waals surface area contributed by atoms with E-state index in [9.17, 15) is 14.9 Å². The Morgan fingerprint density at radius 3 is 2.74 bits per heavy atom. The van der Waals surface area contributed by atoms with E-state index in [2.05, 4.69) is 10.6 Å². The molecule has 2 rings (SSSR count). The SMILES string of the molecule is CCOc1cc([N+](=O)[O-])c(C(=O)NC2CCNC2)cc1OC.Cl. The highest BCUT2D eigenvalue weighted by atomic mass is 35.5. The summed E-state index contributed by atoms with van der Waals surface area (Å²) in [5.74, 6) is 0.0553. The van der Waals surface area contributed by atoms with Crippen LogP contribution in [0.15, 0.2) is 12.1 Å². The Morgan fingerprint density at radius 1 is 1.48 bits per heavy atom. The number of nitro benzene ring substituents is 1. The molecule has 23 heavy (non-hydrogen) atoms. The van der Waals surface area contributed by atoms with E-state index in [1.807, 2.05) is 0 Å². The van der Waals surface area contributed by atoms with Crippen LogP contribution in [-0.2, 0) is 0 Å². The van der Waals surface area contributed by atoms with Crippen molar-refractivity contribution in [3.63, 3.8) is 0 Å². The molecule has 1 aliphatic heterocycles. The van der Waals surface area contributed by atoms with Gasteiger partial charge in [-0.15, -0.1) is 12.4 Å². The number of nitrogens with one attached hydrogen (secondary N) is 2. The average Bonchev–Trinajstić information content (AvgIpc) is 2.99. The molecule has 9 heteroatoms. The van der Waals surface area contributed by atoms with Crippen LogP contribution in [0.5, 0.6) is 11.5 Å². The molecule has 1 aliphatic rings. The normalized spacial score (nSPS) is 16.3. The molecule has 0 aliphatic carbocycles. The standard InChI is InChI=1S/C14H19N3O5.ClH/c1-3-22-13-7-11(17(19)20)10(6-12(13)21-2)14(18)16-9-4-5-15-8-9;/h6-7,9,15H,3-5,8H2,1-2H3,(H,16,18);1H. The summed E-state index contributed by atoms with van der Waals surface area (Å²) < 4.78 is 10.5. The van der Waals surface area contributed by atoms with Crippen molar-refractivity contribution in [1.82, 2.24) is 10.6 Å². The molecule has 1 heterocycles. The third kappa shape index (κ3) is 4.46. The predicted octanol–water partition coefficient (Wildman–Crippen LogP) is 1.52. The molecule has 128 valence electrons. The molecule has 0 bridgehead atoms. The maximum Gasteiger partial charge on any atom is 0.286 e. The fourth-order valence-corrected chi connectivity index (χ4v) is 2.35. The lowest BCUT2D eigenvalue weighted by Crippen LogP contribution is -2.36. The first kappa shape index (κ1) is 19.0. The van der Waals surface area contributed by atoms with Gasteiger partial charge in [-0.3, -0.25) is 14.9 Å². The Balaban J connectivity index is 0.00000264. The molecule has 0 aromatic heterocycles. The number of halogens is 1. The Hall–Kier alpha value is -2.06. The van der Waals surface area contributed by atoms with Crippen molar-refractivity contribution in [3.8, 4) is 11.5 Å². The number of hydrogen-bond acceptors (Lipinski definition) is 6. The van der Waals surface area contributed by atoms with E-state index in [4.69, 9.17) is 9.47 Å². The summed E-state index contributed by atoms with van der Waals surface area (Å²) in [6, 6.07) is 2.55. The largest absolute Gasteiger partial charge is 0.493 e. The number of hydrogen-bond donors (Lipinski definition) is 2. The lowest BCUT2D eigenvalue weighted by Gasteiger charge is -2.14. The molecule has 1 amide bonds. The van der Waals surface area contributed by atoms with Crippen LogP contribution in [0.4, 0.5) is 5.69 Å². The highest BCUT2D eigenvalue weighted by Crippen LogP contribution is 2.34. The quantitative estimate of drug-likeness (QED) is 0.598. The fourth-order valence-electron chi connectivity index (χ4n) is 2.35. The zero-order chi connectivity index (χ0) is 16.1. The summed E-state index contributed by atoms with van der Waals surface area (Å²) >= 11 is 0. The van der Waals surface area contributed by atoms with Crippen LogP contribution >= 0.6 is 12.4 Å². The van der Waals surface area contributed by atoms with Gasteiger partial charge in [-0.2, -0.15) is 0 Å². The van der Waals surface area contributed by atoms with E-state index < -0.39 is 10.8 Å². The number of carbonyl (C=O) groups is 1. The highest BCUT2D eigenvalue weighted by Gasteiger charge is 2.26. The molecule has 0 spiro atoms. The van der Waals surface area contributed by atoms with Crippen LogP contribution in [-0.4, -0.2) is 43.7 Å². The summed E-state index contributed by atoms with van der Waals surface area (Å²) in [4.78, 5) is 23.0. The number of nitrogens with zero attached hydrogens (tertiary/aromatic N) is 1. The second kappa shape index (κ2) is 8.54. The average molecular weight is 346 g/mol. The maximum atomic E-state index is 12.3. The number of rotatable bonds is 6. The van der Waals surface area contributed by atoms with Crippen molar-refractivity contribution in [3.05, 3.63) is 27.8 Å². The van der Waals surface area contributed by atoms with E-state index in [0.717, 1.165) is 13.0 Å². The first-order chi connectivity index (χ1) is 10.6. The summed E-state index contributed by atoms with van der Waals surface area (Å²) in [6.07, 6.45) is 0.799. The Morgan fingerprint density at radius 2 is 2.22 bits per heavy atom. The van der Waals surface area contributed by atoms with Gasteiger partial charge in [-0.05, 0) is 19.9 Å². The Kier molecular flexibility index (Phi) is 7.05. The van der Waals surface area contributed by atoms with Crippen LogP contribution < -0.4 is 20.1 Å². The van der Waals surface area contributed by atoms with Crippen LogP contribution in [0.1, 0.15) is 23.7 Å². The number of amides is 1. The van der Waals surface area contributed by atoms with Crippen molar-refractivity contribution < 1.29 is 19.2 Å². The third-order valence-corrected chi connectivity index (χ3v) is 3.42. The number of carbonyl (C=O) groups excluding carboxylic acids is 1. The van der Waals surface area contributed by atoms with Crippen molar-refractivity contribution in [2.24, 2.45) is 0 Å². The van der Waals surface area contributed by atoms with Gasteiger partial charge in [0.25, 0.3) is 11.6 Å². The van der Waals surface area contributed by atoms with E-state index in [-0.39, 0.29) is 35.4 Å². The number of benzene rings is 1. The van der Waals surface area contributed by atoms with Gasteiger partial charge in [0.1, 0.15) is 5.56 Å². The second-order valence-electron chi connectivity index (χ2n) is 4.87. The molecule has 2 N–H and O–H groups in total. The van der Waals surface area contributed by atoms with E-state index >= 15 is 0 Å². The topological polar surface area (TPSA) is 103 Å². The molecular weight excluding hydrogens is 326 g/mol. The summed E-state index contributed by atoms with van der Waals surface area (Å²) in [5, 5.41) is 17.1. The zero-order valence-electron chi connectivity index (χ0n) is 13.0. The lowest BCUT2D eigenvalue weighted by atomic mass is 10.1. The van der Waals surface area contributed by atoms with Gasteiger partial charge >= 0.3 is 0 Å². The smallest absolute Gasteiger partial charge is 0.286 e. The number of methoxy groups -OCH3 is 1. The van der Waals surface area contributed by atoms with Crippen molar-refractivity contribution in [1.29, 1.82) is 0 Å². The van der Waals surface area contributed by atoms with E-state index in [1.54, 1.807) is 6.92 Å². The lowest BCUT2D eigenvalue weighted by molar-refractivity contribution is -0.385. The third-order valence-electron chi connectivity index (χ3n) is 3.42. The van der Waals surface area contributed by atoms with Gasteiger partial charge in [-0.25, -0.2) is 0 Å². The van der Waals surface area contributed by atoms with E-state index in [0.29, 0.717) is 18.9 Å². The minimum atomic E-state index is -0.593. The van der Waals surface area contributed by atoms with Gasteiger partial charge in [0, 0.05) is 18.7 Å². The Bertz CT molecular complexity index is 576. The first-order valence-electron chi connectivity index (χ1n) is 7.07. The monoisotopic (exact) mass is 345 g/mol. The predicted molar refractivity (Wildman–Crippen MR) is 86.8 cm³/mol. The molecule has 1 saturated heterocycles. The second-order valence-corrected chi connectivity index (χ2v) is 4.87. The number of nitro groups is 1. The van der Waals surface area contributed by atoms with Crippen LogP contribution in [0, 0.1) is 10.1 Å². The first-order valence-corrected chi connectivity index (χ1v) is 7.07. The summed E-state index contributed by atoms with van der Waals surface area (Å²) in [7, 11) is 1.42. The van der Waals surface area contributed by atoms with Gasteiger partial charge in [-0.1, -0.05) is 0 Å². The van der Waals surface area contributed by atoms with E-state index in [1.165, 1.54) is 19.2 Å². The maximum absolute atomic E-state index is 12.3. The van der Waals surface area contributed by atoms with Gasteiger partial charge in [0.15, 0.2) is 11.5 Å². The molecule has 1 aromatic carbocycles. The van der Waals surface area contributed by atoms with Crippen molar-refractivity contribution in [2.45, 2.75) is 19.4 Å². The minimum Gasteiger partial charge on any atom is -0.493 e. The van der Waals surface area contributed by atoms with Crippen molar-refractivity contribution >= 4 is 24.0 Å². The van der Waals surface area contributed by atoms with Crippen LogP contribution in [0.2, 0.25) is 0 Å².